The Balaban J connectivity index is 2.76. The Hall–Kier alpha value is -1.51. The van der Waals surface area contributed by atoms with E-state index in [9.17, 15) is 4.79 Å². The number of aryl methyl sites for hydroxylation is 1. The van der Waals surface area contributed by atoms with Crippen LogP contribution in [0.4, 0.5) is 0 Å². The number of carbonyl (C=O) groups excluding carboxylic acids is 1. The molecule has 0 unspecified atom stereocenters. The topological polar surface area (TPSA) is 38.3 Å². The Morgan fingerprint density at radius 3 is 2.53 bits per heavy atom. The van der Waals surface area contributed by atoms with Crippen LogP contribution in [0.5, 0.6) is 5.75 Å². The monoisotopic (exact) mass is 263 g/mol. The lowest BCUT2D eigenvalue weighted by molar-refractivity contribution is -0.128. The molecule has 0 spiro atoms. The second-order valence-electron chi connectivity index (χ2n) is 5.03. The Kier molecular flexibility index (Phi) is 5.87. The maximum Gasteiger partial charge on any atom is 0.261 e. The minimum Gasteiger partial charge on any atom is -0.480 e. The van der Waals surface area contributed by atoms with Crippen LogP contribution in [0, 0.1) is 13.8 Å². The molecule has 1 aromatic carbocycles. The zero-order valence-corrected chi connectivity index (χ0v) is 12.6. The number of ether oxygens (including phenoxy) is 1. The third-order valence-corrected chi connectivity index (χ3v) is 3.49. The summed E-state index contributed by atoms with van der Waals surface area (Å²) in [6, 6.07) is 6.10. The molecule has 0 bridgehead atoms. The van der Waals surface area contributed by atoms with Gasteiger partial charge in [0.25, 0.3) is 5.91 Å². The molecule has 0 fully saturated rings. The molecule has 3 heteroatoms. The summed E-state index contributed by atoms with van der Waals surface area (Å²) in [5, 5.41) is 2.97. The summed E-state index contributed by atoms with van der Waals surface area (Å²) in [5.74, 6) is 0.768. The summed E-state index contributed by atoms with van der Waals surface area (Å²) in [6.07, 6.45) is 1.16. The van der Waals surface area contributed by atoms with Gasteiger partial charge in [-0.25, -0.2) is 0 Å². The van der Waals surface area contributed by atoms with E-state index in [4.69, 9.17) is 4.74 Å². The molecule has 0 radical (unpaired) electrons. The summed E-state index contributed by atoms with van der Waals surface area (Å²) in [5.41, 5.74) is 2.27. The number of carbonyl (C=O) groups is 1. The summed E-state index contributed by atoms with van der Waals surface area (Å²) in [7, 11) is 0. The maximum atomic E-state index is 12.1. The van der Waals surface area contributed by atoms with Gasteiger partial charge in [0.2, 0.25) is 0 Å². The van der Waals surface area contributed by atoms with Gasteiger partial charge in [-0.1, -0.05) is 26.0 Å². The van der Waals surface area contributed by atoms with Crippen molar-refractivity contribution < 1.29 is 9.53 Å². The van der Waals surface area contributed by atoms with Crippen molar-refractivity contribution in [3.63, 3.8) is 0 Å². The molecule has 0 saturated carbocycles. The molecule has 3 nitrogen and oxygen atoms in total. The average Bonchev–Trinajstić information content (AvgIpc) is 2.40. The molecule has 106 valence electrons. The van der Waals surface area contributed by atoms with E-state index >= 15 is 0 Å². The smallest absolute Gasteiger partial charge is 0.261 e. The van der Waals surface area contributed by atoms with Crippen molar-refractivity contribution in [2.24, 2.45) is 0 Å². The highest BCUT2D eigenvalue weighted by atomic mass is 16.5. The highest BCUT2D eigenvalue weighted by molar-refractivity contribution is 5.81. The predicted octanol–water partition coefficient (Wildman–Crippen LogP) is 3.38. The molecule has 1 rings (SSSR count). The van der Waals surface area contributed by atoms with Crippen molar-refractivity contribution in [1.82, 2.24) is 5.32 Å². The van der Waals surface area contributed by atoms with Crippen LogP contribution >= 0.6 is 0 Å². The van der Waals surface area contributed by atoms with Crippen molar-refractivity contribution in [1.29, 1.82) is 0 Å². The van der Waals surface area contributed by atoms with Gasteiger partial charge in [-0.3, -0.25) is 4.79 Å². The van der Waals surface area contributed by atoms with Crippen LogP contribution in [0.3, 0.4) is 0 Å². The first-order valence-corrected chi connectivity index (χ1v) is 7.02. The van der Waals surface area contributed by atoms with Crippen LogP contribution in [0.15, 0.2) is 18.2 Å². The molecule has 2 atom stereocenters. The second kappa shape index (κ2) is 7.17. The largest absolute Gasteiger partial charge is 0.480 e. The number of benzene rings is 1. The van der Waals surface area contributed by atoms with Crippen molar-refractivity contribution in [3.8, 4) is 5.75 Å². The summed E-state index contributed by atoms with van der Waals surface area (Å²) in [6.45, 7) is 10.1. The lowest BCUT2D eigenvalue weighted by Crippen LogP contribution is -2.42. The Morgan fingerprint density at radius 1 is 1.26 bits per heavy atom. The molecule has 0 aliphatic rings. The third kappa shape index (κ3) is 4.27. The zero-order valence-electron chi connectivity index (χ0n) is 12.6. The minimum atomic E-state index is -0.422. The lowest BCUT2D eigenvalue weighted by Gasteiger charge is -2.21. The van der Waals surface area contributed by atoms with Gasteiger partial charge in [-0.2, -0.15) is 0 Å². The van der Waals surface area contributed by atoms with Gasteiger partial charge in [0.05, 0.1) is 0 Å². The quantitative estimate of drug-likeness (QED) is 0.854. The van der Waals surface area contributed by atoms with Crippen molar-refractivity contribution in [2.45, 2.75) is 59.6 Å². The van der Waals surface area contributed by atoms with Gasteiger partial charge in [-0.05, 0) is 50.8 Å². The summed E-state index contributed by atoms with van der Waals surface area (Å²) >= 11 is 0. The van der Waals surface area contributed by atoms with Gasteiger partial charge < -0.3 is 10.1 Å². The second-order valence-corrected chi connectivity index (χ2v) is 5.03. The summed E-state index contributed by atoms with van der Waals surface area (Å²) in [4.78, 5) is 12.1. The highest BCUT2D eigenvalue weighted by Gasteiger charge is 2.20. The van der Waals surface area contributed by atoms with E-state index in [1.54, 1.807) is 0 Å². The van der Waals surface area contributed by atoms with Crippen LogP contribution in [0.25, 0.3) is 0 Å². The first kappa shape index (κ1) is 15.5. The van der Waals surface area contributed by atoms with E-state index in [0.29, 0.717) is 6.42 Å². The van der Waals surface area contributed by atoms with Gasteiger partial charge in [0, 0.05) is 6.04 Å². The lowest BCUT2D eigenvalue weighted by atomic mass is 10.1. The van der Waals surface area contributed by atoms with Gasteiger partial charge in [-0.15, -0.1) is 0 Å². The molecule has 1 amide bonds. The highest BCUT2D eigenvalue weighted by Crippen LogP contribution is 2.22. The number of rotatable bonds is 6. The molecule has 19 heavy (non-hydrogen) atoms. The van der Waals surface area contributed by atoms with E-state index < -0.39 is 6.10 Å². The van der Waals surface area contributed by atoms with Crippen LogP contribution in [-0.2, 0) is 4.79 Å². The molecule has 0 aliphatic carbocycles. The van der Waals surface area contributed by atoms with Crippen molar-refractivity contribution in [2.75, 3.05) is 0 Å². The Labute approximate surface area is 116 Å². The third-order valence-electron chi connectivity index (χ3n) is 3.49. The van der Waals surface area contributed by atoms with E-state index in [1.807, 2.05) is 45.9 Å². The molecule has 0 aliphatic heterocycles. The minimum absolute atomic E-state index is 0.0299. The molecule has 0 heterocycles. The predicted molar refractivity (Wildman–Crippen MR) is 78.5 cm³/mol. The molecule has 0 saturated heterocycles. The normalized spacial score (nSPS) is 13.7. The van der Waals surface area contributed by atoms with Gasteiger partial charge >= 0.3 is 0 Å². The van der Waals surface area contributed by atoms with Crippen LogP contribution in [0.2, 0.25) is 0 Å². The fourth-order valence-corrected chi connectivity index (χ4v) is 1.77. The summed E-state index contributed by atoms with van der Waals surface area (Å²) < 4.78 is 5.87. The number of nitrogens with one attached hydrogen (secondary N) is 1. The Bertz CT molecular complexity index is 429. The van der Waals surface area contributed by atoms with Crippen LogP contribution in [0.1, 0.15) is 44.7 Å². The fraction of sp³-hybridized carbons (Fsp3) is 0.562. The molecular formula is C16H25NO2. The molecular weight excluding hydrogens is 238 g/mol. The first-order chi connectivity index (χ1) is 8.99. The average molecular weight is 263 g/mol. The van der Waals surface area contributed by atoms with E-state index in [1.165, 1.54) is 5.56 Å². The fourth-order valence-electron chi connectivity index (χ4n) is 1.77. The molecule has 1 N–H and O–H groups in total. The van der Waals surface area contributed by atoms with Gasteiger partial charge in [0.1, 0.15) is 5.75 Å². The maximum absolute atomic E-state index is 12.1. The number of hydrogen-bond acceptors (Lipinski definition) is 2. The standard InChI is InChI=1S/C16H25NO2/c1-6-12(4)17-16(18)14(7-2)19-15-10-8-9-11(3)13(15)5/h8-10,12,14H,6-7H2,1-5H3,(H,17,18)/t12-,14-/m1/s1. The van der Waals surface area contributed by atoms with Crippen molar-refractivity contribution in [3.05, 3.63) is 29.3 Å². The molecule has 0 aromatic heterocycles. The Morgan fingerprint density at radius 2 is 1.95 bits per heavy atom. The number of amides is 1. The number of hydrogen-bond donors (Lipinski definition) is 1. The van der Waals surface area contributed by atoms with Crippen molar-refractivity contribution >= 4 is 5.91 Å². The van der Waals surface area contributed by atoms with Gasteiger partial charge in [0.15, 0.2) is 6.10 Å². The SMILES string of the molecule is CC[C@@H](C)NC(=O)[C@@H](CC)Oc1cccc(C)c1C. The first-order valence-electron chi connectivity index (χ1n) is 7.02. The van der Waals surface area contributed by atoms with Crippen LogP contribution < -0.4 is 10.1 Å². The van der Waals surface area contributed by atoms with E-state index in [0.717, 1.165) is 17.7 Å². The molecule has 1 aromatic rings. The van der Waals surface area contributed by atoms with Crippen LogP contribution in [-0.4, -0.2) is 18.1 Å². The van der Waals surface area contributed by atoms with E-state index in [2.05, 4.69) is 12.2 Å². The zero-order chi connectivity index (χ0) is 14.4. The van der Waals surface area contributed by atoms with E-state index in [-0.39, 0.29) is 11.9 Å².